The molecule has 94 valence electrons. The number of hydrogen-bond donors (Lipinski definition) is 1. The fraction of sp³-hybridized carbons (Fsp3) is 0.500. The van der Waals surface area contributed by atoms with E-state index in [4.69, 9.17) is 0 Å². The molecule has 0 amide bonds. The summed E-state index contributed by atoms with van der Waals surface area (Å²) in [6.45, 7) is 4.29. The number of nitrogens with one attached hydrogen (secondary N) is 1. The molecule has 1 aliphatic carbocycles. The highest BCUT2D eigenvalue weighted by Crippen LogP contribution is 2.39. The van der Waals surface area contributed by atoms with Crippen LogP contribution in [-0.2, 0) is 4.79 Å². The fourth-order valence-corrected chi connectivity index (χ4v) is 3.03. The van der Waals surface area contributed by atoms with E-state index >= 15 is 0 Å². The van der Waals surface area contributed by atoms with Gasteiger partial charge in [-0.05, 0) is 24.0 Å². The van der Waals surface area contributed by atoms with Gasteiger partial charge in [-0.25, -0.2) is 0 Å². The average Bonchev–Trinajstić information content (AvgIpc) is 2.72. The number of pyridine rings is 1. The Hall–Kier alpha value is -1.71. The third kappa shape index (κ3) is 1.82. The lowest BCUT2D eigenvalue weighted by atomic mass is 9.68. The normalized spacial score (nSPS) is 29.4. The second-order valence-electron chi connectivity index (χ2n) is 5.96. The van der Waals surface area contributed by atoms with Crippen LogP contribution in [0.3, 0.4) is 0 Å². The Morgan fingerprint density at radius 3 is 3.00 bits per heavy atom. The van der Waals surface area contributed by atoms with Crippen molar-refractivity contribution in [3.63, 3.8) is 0 Å². The fourth-order valence-electron chi connectivity index (χ4n) is 3.03. The molecule has 1 saturated carbocycles. The highest BCUT2D eigenvalue weighted by molar-refractivity contribution is 6.15. The standard InChI is InChI=1S/C14H17N3O/c1-14(2)6-10-12(11(18)7-14)13(17-16-10)9-4-3-5-15-8-9/h3-5,8,10,12,16H,6-7H2,1-2H3/t10-,12+/m1/s1. The quantitative estimate of drug-likeness (QED) is 0.817. The van der Waals surface area contributed by atoms with E-state index in [2.05, 4.69) is 29.4 Å². The Labute approximate surface area is 107 Å². The Balaban J connectivity index is 1.91. The van der Waals surface area contributed by atoms with Gasteiger partial charge in [0.05, 0.1) is 17.7 Å². The Bertz CT molecular complexity index is 507. The molecule has 0 bridgehead atoms. The van der Waals surface area contributed by atoms with Crippen LogP contribution >= 0.6 is 0 Å². The Morgan fingerprint density at radius 2 is 2.28 bits per heavy atom. The number of ketones is 1. The zero-order valence-corrected chi connectivity index (χ0v) is 10.7. The lowest BCUT2D eigenvalue weighted by Gasteiger charge is -2.36. The molecule has 1 aromatic rings. The Kier molecular flexibility index (Phi) is 2.47. The number of nitrogens with zero attached hydrogens (tertiary/aromatic N) is 2. The molecule has 0 radical (unpaired) electrons. The van der Waals surface area contributed by atoms with Gasteiger partial charge in [0.25, 0.3) is 0 Å². The number of fused-ring (bicyclic) bond motifs is 1. The minimum absolute atomic E-state index is 0.0746. The molecule has 1 aromatic heterocycles. The summed E-state index contributed by atoms with van der Waals surface area (Å²) in [6, 6.07) is 3.99. The van der Waals surface area contributed by atoms with Crippen molar-refractivity contribution < 1.29 is 4.79 Å². The number of hydrazone groups is 1. The van der Waals surface area contributed by atoms with Crippen molar-refractivity contribution in [3.8, 4) is 0 Å². The summed E-state index contributed by atoms with van der Waals surface area (Å²) in [5.41, 5.74) is 5.01. The first-order valence-electron chi connectivity index (χ1n) is 6.33. The molecule has 2 aliphatic rings. The molecule has 3 rings (SSSR count). The molecule has 18 heavy (non-hydrogen) atoms. The summed E-state index contributed by atoms with van der Waals surface area (Å²) in [7, 11) is 0. The summed E-state index contributed by atoms with van der Waals surface area (Å²) in [5, 5.41) is 4.37. The summed E-state index contributed by atoms with van der Waals surface area (Å²) < 4.78 is 0. The summed E-state index contributed by atoms with van der Waals surface area (Å²) in [4.78, 5) is 16.4. The molecule has 0 spiro atoms. The van der Waals surface area contributed by atoms with Crippen molar-refractivity contribution in [1.82, 2.24) is 10.4 Å². The minimum Gasteiger partial charge on any atom is -0.306 e. The molecular formula is C14H17N3O. The molecule has 2 heterocycles. The highest BCUT2D eigenvalue weighted by atomic mass is 16.1. The van der Waals surface area contributed by atoms with Crippen molar-refractivity contribution >= 4 is 11.5 Å². The number of rotatable bonds is 1. The first-order valence-corrected chi connectivity index (χ1v) is 6.33. The first-order chi connectivity index (χ1) is 8.57. The number of hydrogen-bond acceptors (Lipinski definition) is 4. The van der Waals surface area contributed by atoms with E-state index in [1.54, 1.807) is 12.4 Å². The van der Waals surface area contributed by atoms with Crippen LogP contribution in [0.15, 0.2) is 29.6 Å². The third-order valence-electron chi connectivity index (χ3n) is 3.78. The number of carbonyl (C=O) groups is 1. The number of carbonyl (C=O) groups excluding carboxylic acids is 1. The molecule has 0 aromatic carbocycles. The van der Waals surface area contributed by atoms with Crippen LogP contribution in [0.5, 0.6) is 0 Å². The van der Waals surface area contributed by atoms with Crippen molar-refractivity contribution in [2.24, 2.45) is 16.4 Å². The Morgan fingerprint density at radius 1 is 1.44 bits per heavy atom. The van der Waals surface area contributed by atoms with Gasteiger partial charge in [0.2, 0.25) is 0 Å². The lowest BCUT2D eigenvalue weighted by molar-refractivity contribution is -0.126. The lowest BCUT2D eigenvalue weighted by Crippen LogP contribution is -2.45. The van der Waals surface area contributed by atoms with Crippen molar-refractivity contribution in [3.05, 3.63) is 30.1 Å². The van der Waals surface area contributed by atoms with Crippen LogP contribution in [0.4, 0.5) is 0 Å². The van der Waals surface area contributed by atoms with Crippen LogP contribution in [-0.4, -0.2) is 22.5 Å². The monoisotopic (exact) mass is 243 g/mol. The van der Waals surface area contributed by atoms with Gasteiger partial charge < -0.3 is 5.43 Å². The predicted molar refractivity (Wildman–Crippen MR) is 69.2 cm³/mol. The van der Waals surface area contributed by atoms with Crippen molar-refractivity contribution in [2.45, 2.75) is 32.7 Å². The van der Waals surface area contributed by atoms with E-state index in [1.807, 2.05) is 12.1 Å². The topological polar surface area (TPSA) is 54.4 Å². The predicted octanol–water partition coefficient (Wildman–Crippen LogP) is 1.76. The van der Waals surface area contributed by atoms with Crippen molar-refractivity contribution in [1.29, 1.82) is 0 Å². The second-order valence-corrected chi connectivity index (χ2v) is 5.96. The number of Topliss-reactive ketones (excluding diaryl/α,β-unsaturated/α-hetero) is 1. The summed E-state index contributed by atoms with van der Waals surface area (Å²) in [6.07, 6.45) is 5.12. The van der Waals surface area contributed by atoms with E-state index < -0.39 is 0 Å². The van der Waals surface area contributed by atoms with E-state index in [1.165, 1.54) is 0 Å². The molecule has 0 saturated heterocycles. The highest BCUT2D eigenvalue weighted by Gasteiger charge is 2.46. The zero-order chi connectivity index (χ0) is 12.8. The van der Waals surface area contributed by atoms with Gasteiger partial charge in [-0.2, -0.15) is 5.10 Å². The van der Waals surface area contributed by atoms with Gasteiger partial charge in [0.15, 0.2) is 0 Å². The average molecular weight is 243 g/mol. The van der Waals surface area contributed by atoms with E-state index in [0.717, 1.165) is 17.7 Å². The molecule has 0 unspecified atom stereocenters. The second kappa shape index (κ2) is 3.90. The maximum absolute atomic E-state index is 12.3. The molecule has 4 nitrogen and oxygen atoms in total. The molecule has 1 aliphatic heterocycles. The largest absolute Gasteiger partial charge is 0.306 e. The zero-order valence-electron chi connectivity index (χ0n) is 10.7. The molecule has 2 atom stereocenters. The van der Waals surface area contributed by atoms with Gasteiger partial charge in [0.1, 0.15) is 5.78 Å². The van der Waals surface area contributed by atoms with Crippen LogP contribution in [0.25, 0.3) is 0 Å². The molecule has 4 heteroatoms. The van der Waals surface area contributed by atoms with E-state index in [9.17, 15) is 4.79 Å². The van der Waals surface area contributed by atoms with E-state index in [-0.39, 0.29) is 17.4 Å². The third-order valence-corrected chi connectivity index (χ3v) is 3.78. The van der Waals surface area contributed by atoms with Gasteiger partial charge in [0, 0.05) is 24.4 Å². The minimum atomic E-state index is -0.0952. The van der Waals surface area contributed by atoms with Crippen LogP contribution < -0.4 is 5.43 Å². The SMILES string of the molecule is CC1(C)CC(=O)[C@H]2C(c3cccnc3)=NN[C@@H]2C1. The maximum atomic E-state index is 12.3. The van der Waals surface area contributed by atoms with Gasteiger partial charge >= 0.3 is 0 Å². The van der Waals surface area contributed by atoms with Crippen LogP contribution in [0.1, 0.15) is 32.3 Å². The van der Waals surface area contributed by atoms with Gasteiger partial charge in [-0.15, -0.1) is 0 Å². The maximum Gasteiger partial charge on any atom is 0.144 e. The number of aromatic nitrogens is 1. The molecular weight excluding hydrogens is 226 g/mol. The van der Waals surface area contributed by atoms with Crippen molar-refractivity contribution in [2.75, 3.05) is 0 Å². The first kappa shape index (κ1) is 11.4. The van der Waals surface area contributed by atoms with Gasteiger partial charge in [-0.3, -0.25) is 9.78 Å². The summed E-state index contributed by atoms with van der Waals surface area (Å²) in [5.74, 6) is 0.200. The van der Waals surface area contributed by atoms with Gasteiger partial charge in [-0.1, -0.05) is 13.8 Å². The summed E-state index contributed by atoms with van der Waals surface area (Å²) >= 11 is 0. The molecule has 1 fully saturated rings. The van der Waals surface area contributed by atoms with Crippen LogP contribution in [0.2, 0.25) is 0 Å². The smallest absolute Gasteiger partial charge is 0.144 e. The molecule has 1 N–H and O–H groups in total. The van der Waals surface area contributed by atoms with Crippen LogP contribution in [0, 0.1) is 11.3 Å². The van der Waals surface area contributed by atoms with E-state index in [0.29, 0.717) is 12.2 Å².